The van der Waals surface area contributed by atoms with E-state index >= 15 is 0 Å². The van der Waals surface area contributed by atoms with Crippen LogP contribution in [0, 0.1) is 0 Å². The van der Waals surface area contributed by atoms with Crippen molar-refractivity contribution in [1.82, 2.24) is 4.57 Å². The SMILES string of the molecule is CCc1ccc(Cn2cc(Br)c3ccccc32)cc1. The average Bonchev–Trinajstić information content (AvgIpc) is 2.77. The molecule has 1 aromatic heterocycles. The Hall–Kier alpha value is -1.54. The summed E-state index contributed by atoms with van der Waals surface area (Å²) < 4.78 is 3.45. The Morgan fingerprint density at radius 2 is 1.63 bits per heavy atom. The maximum Gasteiger partial charge on any atom is 0.0495 e. The molecule has 2 heteroatoms. The van der Waals surface area contributed by atoms with E-state index in [1.807, 2.05) is 0 Å². The number of para-hydroxylation sites is 1. The third kappa shape index (κ3) is 2.45. The molecule has 3 rings (SSSR count). The number of halogens is 1. The lowest BCUT2D eigenvalue weighted by atomic mass is 10.1. The predicted octanol–water partition coefficient (Wildman–Crippen LogP) is 5.01. The molecule has 0 aliphatic heterocycles. The summed E-state index contributed by atoms with van der Waals surface area (Å²) in [5, 5.41) is 1.27. The highest BCUT2D eigenvalue weighted by molar-refractivity contribution is 9.10. The third-order valence-electron chi connectivity index (χ3n) is 3.52. The number of nitrogens with zero attached hydrogens (tertiary/aromatic N) is 1. The quantitative estimate of drug-likeness (QED) is 0.640. The van der Waals surface area contributed by atoms with E-state index in [1.165, 1.54) is 22.0 Å². The molecule has 1 heterocycles. The Labute approximate surface area is 122 Å². The lowest BCUT2D eigenvalue weighted by Gasteiger charge is -2.06. The van der Waals surface area contributed by atoms with E-state index in [0.29, 0.717) is 0 Å². The molecular formula is C17H16BrN. The van der Waals surface area contributed by atoms with Crippen molar-refractivity contribution in [3.05, 3.63) is 70.3 Å². The maximum atomic E-state index is 3.63. The van der Waals surface area contributed by atoms with Gasteiger partial charge in [-0.25, -0.2) is 0 Å². The van der Waals surface area contributed by atoms with Crippen LogP contribution in [0.4, 0.5) is 0 Å². The highest BCUT2D eigenvalue weighted by Gasteiger charge is 2.05. The monoisotopic (exact) mass is 313 g/mol. The van der Waals surface area contributed by atoms with E-state index in [0.717, 1.165) is 17.4 Å². The Morgan fingerprint density at radius 1 is 0.947 bits per heavy atom. The fraction of sp³-hybridized carbons (Fsp3) is 0.176. The second-order valence-electron chi connectivity index (χ2n) is 4.79. The van der Waals surface area contributed by atoms with Crippen LogP contribution in [-0.2, 0) is 13.0 Å². The van der Waals surface area contributed by atoms with E-state index in [4.69, 9.17) is 0 Å². The summed E-state index contributed by atoms with van der Waals surface area (Å²) in [4.78, 5) is 0. The molecule has 0 spiro atoms. The van der Waals surface area contributed by atoms with Gasteiger partial charge in [0, 0.05) is 28.1 Å². The normalized spacial score (nSPS) is 11.1. The van der Waals surface area contributed by atoms with Crippen LogP contribution >= 0.6 is 15.9 Å². The van der Waals surface area contributed by atoms with E-state index < -0.39 is 0 Å². The first-order chi connectivity index (χ1) is 9.28. The number of aryl methyl sites for hydroxylation is 1. The van der Waals surface area contributed by atoms with Crippen molar-refractivity contribution in [3.8, 4) is 0 Å². The van der Waals surface area contributed by atoms with Crippen molar-refractivity contribution in [2.75, 3.05) is 0 Å². The highest BCUT2D eigenvalue weighted by atomic mass is 79.9. The van der Waals surface area contributed by atoms with Crippen molar-refractivity contribution >= 4 is 26.8 Å². The molecule has 2 aromatic carbocycles. The molecular weight excluding hydrogens is 298 g/mol. The van der Waals surface area contributed by atoms with Crippen LogP contribution in [-0.4, -0.2) is 4.57 Å². The van der Waals surface area contributed by atoms with Gasteiger partial charge < -0.3 is 4.57 Å². The second kappa shape index (κ2) is 5.22. The Balaban J connectivity index is 1.96. The Morgan fingerprint density at radius 3 is 2.37 bits per heavy atom. The summed E-state index contributed by atoms with van der Waals surface area (Å²) in [6, 6.07) is 17.4. The number of fused-ring (bicyclic) bond motifs is 1. The van der Waals surface area contributed by atoms with Crippen LogP contribution in [0.2, 0.25) is 0 Å². The average molecular weight is 314 g/mol. The van der Waals surface area contributed by atoms with Crippen LogP contribution in [0.15, 0.2) is 59.2 Å². The van der Waals surface area contributed by atoms with E-state index in [1.54, 1.807) is 0 Å². The summed E-state index contributed by atoms with van der Waals surface area (Å²) in [6.45, 7) is 3.10. The van der Waals surface area contributed by atoms with Gasteiger partial charge in [-0.2, -0.15) is 0 Å². The number of hydrogen-bond donors (Lipinski definition) is 0. The molecule has 0 bridgehead atoms. The lowest BCUT2D eigenvalue weighted by Crippen LogP contribution is -1.97. The van der Waals surface area contributed by atoms with Gasteiger partial charge in [-0.15, -0.1) is 0 Å². The molecule has 0 unspecified atom stereocenters. The van der Waals surface area contributed by atoms with Crippen LogP contribution in [0.5, 0.6) is 0 Å². The smallest absolute Gasteiger partial charge is 0.0495 e. The molecule has 19 heavy (non-hydrogen) atoms. The highest BCUT2D eigenvalue weighted by Crippen LogP contribution is 2.26. The molecule has 0 fully saturated rings. The van der Waals surface area contributed by atoms with Gasteiger partial charge in [0.2, 0.25) is 0 Å². The third-order valence-corrected chi connectivity index (χ3v) is 4.16. The molecule has 96 valence electrons. The second-order valence-corrected chi connectivity index (χ2v) is 5.65. The summed E-state index contributed by atoms with van der Waals surface area (Å²) in [5.74, 6) is 0. The zero-order valence-electron chi connectivity index (χ0n) is 10.9. The zero-order valence-corrected chi connectivity index (χ0v) is 12.5. The van der Waals surface area contributed by atoms with Gasteiger partial charge in [0.1, 0.15) is 0 Å². The molecule has 0 amide bonds. The van der Waals surface area contributed by atoms with E-state index in [9.17, 15) is 0 Å². The van der Waals surface area contributed by atoms with E-state index in [2.05, 4.69) is 82.1 Å². The molecule has 0 aliphatic carbocycles. The molecule has 0 radical (unpaired) electrons. The molecule has 0 N–H and O–H groups in total. The minimum atomic E-state index is 0.913. The van der Waals surface area contributed by atoms with Crippen molar-refractivity contribution in [3.63, 3.8) is 0 Å². The number of aromatic nitrogens is 1. The number of hydrogen-bond acceptors (Lipinski definition) is 0. The van der Waals surface area contributed by atoms with Gasteiger partial charge in [-0.3, -0.25) is 0 Å². The van der Waals surface area contributed by atoms with E-state index in [-0.39, 0.29) is 0 Å². The van der Waals surface area contributed by atoms with Crippen LogP contribution < -0.4 is 0 Å². The van der Waals surface area contributed by atoms with Crippen molar-refractivity contribution in [2.24, 2.45) is 0 Å². The summed E-state index contributed by atoms with van der Waals surface area (Å²) in [6.07, 6.45) is 3.26. The van der Waals surface area contributed by atoms with Gasteiger partial charge in [0.15, 0.2) is 0 Å². The minimum absolute atomic E-state index is 0.913. The predicted molar refractivity (Wildman–Crippen MR) is 84.6 cm³/mol. The largest absolute Gasteiger partial charge is 0.342 e. The van der Waals surface area contributed by atoms with Gasteiger partial charge in [-0.1, -0.05) is 49.4 Å². The van der Waals surface area contributed by atoms with Crippen molar-refractivity contribution in [2.45, 2.75) is 19.9 Å². The van der Waals surface area contributed by atoms with Crippen LogP contribution in [0.1, 0.15) is 18.1 Å². The van der Waals surface area contributed by atoms with Crippen molar-refractivity contribution in [1.29, 1.82) is 0 Å². The minimum Gasteiger partial charge on any atom is -0.342 e. The standard InChI is InChI=1S/C17H16BrN/c1-2-13-7-9-14(10-8-13)11-19-12-16(18)15-5-3-4-6-17(15)19/h3-10,12H,2,11H2,1H3. The maximum absolute atomic E-state index is 3.63. The first-order valence-electron chi connectivity index (χ1n) is 6.59. The molecule has 3 aromatic rings. The molecule has 0 atom stereocenters. The van der Waals surface area contributed by atoms with Crippen LogP contribution in [0.25, 0.3) is 10.9 Å². The first-order valence-corrected chi connectivity index (χ1v) is 7.38. The molecule has 0 aliphatic rings. The zero-order chi connectivity index (χ0) is 13.2. The summed E-state index contributed by atoms with van der Waals surface area (Å²) in [7, 11) is 0. The Kier molecular flexibility index (Phi) is 3.43. The lowest BCUT2D eigenvalue weighted by molar-refractivity contribution is 0.834. The molecule has 0 saturated carbocycles. The Bertz CT molecular complexity index is 695. The van der Waals surface area contributed by atoms with Gasteiger partial charge >= 0.3 is 0 Å². The topological polar surface area (TPSA) is 4.93 Å². The van der Waals surface area contributed by atoms with Crippen LogP contribution in [0.3, 0.4) is 0 Å². The molecule has 1 nitrogen and oxygen atoms in total. The van der Waals surface area contributed by atoms with Crippen molar-refractivity contribution < 1.29 is 0 Å². The van der Waals surface area contributed by atoms with Gasteiger partial charge in [0.25, 0.3) is 0 Å². The summed E-state index contributed by atoms with van der Waals surface area (Å²) >= 11 is 3.63. The fourth-order valence-corrected chi connectivity index (χ4v) is 2.99. The fourth-order valence-electron chi connectivity index (χ4n) is 2.41. The van der Waals surface area contributed by atoms with Gasteiger partial charge in [0.05, 0.1) is 0 Å². The molecule has 0 saturated heterocycles. The number of benzene rings is 2. The first kappa shape index (κ1) is 12.5. The number of rotatable bonds is 3. The van der Waals surface area contributed by atoms with Gasteiger partial charge in [-0.05, 0) is 39.5 Å². The summed E-state index contributed by atoms with van der Waals surface area (Å²) in [5.41, 5.74) is 4.00.